The maximum atomic E-state index is 12.3. The summed E-state index contributed by atoms with van der Waals surface area (Å²) in [7, 11) is -3.33. The third-order valence-electron chi connectivity index (χ3n) is 3.01. The van der Waals surface area contributed by atoms with Gasteiger partial charge in [0.2, 0.25) is 3.79 Å². The zero-order valence-corrected chi connectivity index (χ0v) is 14.3. The summed E-state index contributed by atoms with van der Waals surface area (Å²) in [6.07, 6.45) is -0.373. The molecule has 1 rings (SSSR count). The van der Waals surface area contributed by atoms with Gasteiger partial charge in [-0.3, -0.25) is 4.79 Å². The largest absolute Gasteiger partial charge is 0.367 e. The van der Waals surface area contributed by atoms with Crippen molar-refractivity contribution in [1.29, 1.82) is 0 Å². The second-order valence-electron chi connectivity index (χ2n) is 4.70. The van der Waals surface area contributed by atoms with Crippen LogP contribution in [0.4, 0.5) is 0 Å². The zero-order chi connectivity index (χ0) is 16.5. The van der Waals surface area contributed by atoms with Crippen LogP contribution in [-0.4, -0.2) is 48.7 Å². The van der Waals surface area contributed by atoms with Crippen molar-refractivity contribution in [1.82, 2.24) is 4.31 Å². The lowest BCUT2D eigenvalue weighted by Crippen LogP contribution is -2.56. The smallest absolute Gasteiger partial charge is 0.360 e. The van der Waals surface area contributed by atoms with E-state index in [1.807, 2.05) is 0 Å². The SMILES string of the molecule is CO[C@@H]1CC[C@](C)(C=O)C(=O)N1S(=O)(=O)OCC(Cl)(Cl)Cl. The number of aldehydes is 1. The lowest BCUT2D eigenvalue weighted by Gasteiger charge is -2.39. The van der Waals surface area contributed by atoms with Crippen molar-refractivity contribution < 1.29 is 26.9 Å². The summed E-state index contributed by atoms with van der Waals surface area (Å²) in [4.78, 5) is 23.4. The normalized spacial score (nSPS) is 27.8. The van der Waals surface area contributed by atoms with Crippen LogP contribution in [-0.2, 0) is 28.8 Å². The number of nitrogens with zero attached hydrogens (tertiary/aromatic N) is 1. The fourth-order valence-corrected chi connectivity index (χ4v) is 3.48. The van der Waals surface area contributed by atoms with E-state index >= 15 is 0 Å². The van der Waals surface area contributed by atoms with Gasteiger partial charge in [-0.1, -0.05) is 34.8 Å². The summed E-state index contributed by atoms with van der Waals surface area (Å²) in [5.74, 6) is -0.945. The number of carbonyl (C=O) groups excluding carboxylic acids is 2. The maximum Gasteiger partial charge on any atom is 0.367 e. The molecule has 0 aromatic carbocycles. The van der Waals surface area contributed by atoms with Gasteiger partial charge in [-0.05, 0) is 19.8 Å². The molecule has 2 atom stereocenters. The monoisotopic (exact) mass is 381 g/mol. The van der Waals surface area contributed by atoms with Crippen LogP contribution in [0.5, 0.6) is 0 Å². The van der Waals surface area contributed by atoms with Crippen LogP contribution in [0.2, 0.25) is 0 Å². The Balaban J connectivity index is 3.09. The van der Waals surface area contributed by atoms with Crippen LogP contribution in [0.25, 0.3) is 0 Å². The highest BCUT2D eigenvalue weighted by Gasteiger charge is 2.50. The maximum absolute atomic E-state index is 12.3. The third kappa shape index (κ3) is 4.43. The van der Waals surface area contributed by atoms with Crippen molar-refractivity contribution in [2.24, 2.45) is 5.41 Å². The summed E-state index contributed by atoms with van der Waals surface area (Å²) in [6.45, 7) is 0.559. The van der Waals surface area contributed by atoms with Crippen LogP contribution >= 0.6 is 34.8 Å². The molecule has 0 bridgehead atoms. The second-order valence-corrected chi connectivity index (χ2v) is 8.70. The Morgan fingerprint density at radius 1 is 1.48 bits per heavy atom. The Kier molecular flexibility index (Phi) is 5.91. The van der Waals surface area contributed by atoms with Gasteiger partial charge in [-0.25, -0.2) is 4.18 Å². The van der Waals surface area contributed by atoms with Crippen molar-refractivity contribution >= 4 is 57.3 Å². The van der Waals surface area contributed by atoms with E-state index in [9.17, 15) is 18.0 Å². The number of carbonyl (C=O) groups is 2. The van der Waals surface area contributed by atoms with E-state index in [0.717, 1.165) is 0 Å². The number of methoxy groups -OCH3 is 1. The number of ether oxygens (including phenoxy) is 1. The Morgan fingerprint density at radius 3 is 2.48 bits per heavy atom. The third-order valence-corrected chi connectivity index (χ3v) is 4.63. The van der Waals surface area contributed by atoms with Crippen molar-refractivity contribution in [3.63, 3.8) is 0 Å². The fourth-order valence-electron chi connectivity index (χ4n) is 1.80. The lowest BCUT2D eigenvalue weighted by atomic mass is 9.83. The predicted molar refractivity (Wildman–Crippen MR) is 76.2 cm³/mol. The van der Waals surface area contributed by atoms with Gasteiger partial charge in [0, 0.05) is 7.11 Å². The highest BCUT2D eigenvalue weighted by molar-refractivity contribution is 7.85. The van der Waals surface area contributed by atoms with E-state index in [2.05, 4.69) is 4.18 Å². The first-order valence-corrected chi connectivity index (χ1v) is 8.26. The van der Waals surface area contributed by atoms with Crippen molar-refractivity contribution in [3.8, 4) is 0 Å². The molecule has 0 spiro atoms. The lowest BCUT2D eigenvalue weighted by molar-refractivity contribution is -0.155. The molecule has 1 amide bonds. The van der Waals surface area contributed by atoms with Gasteiger partial charge in [0.25, 0.3) is 5.91 Å². The molecule has 0 N–H and O–H groups in total. The summed E-state index contributed by atoms with van der Waals surface area (Å²) in [6, 6.07) is 0. The molecule has 0 radical (unpaired) electrons. The highest BCUT2D eigenvalue weighted by Crippen LogP contribution is 2.35. The molecule has 0 aromatic heterocycles. The molecule has 11 heteroatoms. The molecule has 7 nitrogen and oxygen atoms in total. The molecule has 1 aliphatic heterocycles. The van der Waals surface area contributed by atoms with Gasteiger partial charge < -0.3 is 9.53 Å². The van der Waals surface area contributed by atoms with Gasteiger partial charge >= 0.3 is 10.3 Å². The number of alkyl halides is 3. The first-order valence-electron chi connectivity index (χ1n) is 5.76. The molecular weight excluding hydrogens is 369 g/mol. The molecule has 1 saturated heterocycles. The van der Waals surface area contributed by atoms with Crippen LogP contribution in [0.15, 0.2) is 0 Å². The number of hydrogen-bond acceptors (Lipinski definition) is 6. The molecule has 0 unspecified atom stereocenters. The standard InChI is InChI=1S/C10H14Cl3NO6S/c1-9(5-15)4-3-7(19-2)14(8(9)16)21(17,18)20-6-10(11,12)13/h5,7H,3-4,6H2,1-2H3/t7-,9-/m1/s1. The van der Waals surface area contributed by atoms with Gasteiger partial charge in [-0.15, -0.1) is 0 Å². The van der Waals surface area contributed by atoms with Crippen LogP contribution in [0, 0.1) is 5.41 Å². The van der Waals surface area contributed by atoms with Crippen molar-refractivity contribution in [2.75, 3.05) is 13.7 Å². The predicted octanol–water partition coefficient (Wildman–Crippen LogP) is 1.42. The van der Waals surface area contributed by atoms with Crippen LogP contribution in [0.1, 0.15) is 19.8 Å². The number of piperidine rings is 1. The number of rotatable bonds is 5. The van der Waals surface area contributed by atoms with E-state index in [0.29, 0.717) is 10.6 Å². The molecule has 1 heterocycles. The molecule has 0 saturated carbocycles. The average molecular weight is 383 g/mol. The minimum atomic E-state index is -4.56. The van der Waals surface area contributed by atoms with Gasteiger partial charge in [0.05, 0.1) is 0 Å². The first kappa shape index (κ1) is 18.9. The van der Waals surface area contributed by atoms with Gasteiger partial charge in [0.15, 0.2) is 0 Å². The highest BCUT2D eigenvalue weighted by atomic mass is 35.6. The summed E-state index contributed by atoms with van der Waals surface area (Å²) < 4.78 is 32.2. The molecule has 0 aliphatic carbocycles. The summed E-state index contributed by atoms with van der Waals surface area (Å²) >= 11 is 16.3. The summed E-state index contributed by atoms with van der Waals surface area (Å²) in [5, 5.41) is 0. The Hall–Kier alpha value is -0.120. The minimum Gasteiger partial charge on any atom is -0.360 e. The van der Waals surface area contributed by atoms with Gasteiger partial charge in [0.1, 0.15) is 24.5 Å². The van der Waals surface area contributed by atoms with Crippen molar-refractivity contribution in [3.05, 3.63) is 0 Å². The first-order chi connectivity index (χ1) is 9.47. The Bertz CT molecular complexity index is 519. The van der Waals surface area contributed by atoms with Gasteiger partial charge in [-0.2, -0.15) is 12.7 Å². The molecular formula is C10H14Cl3NO6S. The van der Waals surface area contributed by atoms with E-state index < -0.39 is 38.3 Å². The van der Waals surface area contributed by atoms with Crippen LogP contribution in [0.3, 0.4) is 0 Å². The fraction of sp³-hybridized carbons (Fsp3) is 0.800. The number of amides is 1. The quantitative estimate of drug-likeness (QED) is 0.406. The topological polar surface area (TPSA) is 90.0 Å². The Morgan fingerprint density at radius 2 is 2.05 bits per heavy atom. The van der Waals surface area contributed by atoms with E-state index in [-0.39, 0.29) is 12.8 Å². The minimum absolute atomic E-state index is 0.147. The van der Waals surface area contributed by atoms with E-state index in [1.54, 1.807) is 0 Å². The number of hydrogen-bond donors (Lipinski definition) is 0. The van der Waals surface area contributed by atoms with Crippen molar-refractivity contribution in [2.45, 2.75) is 29.8 Å². The second kappa shape index (κ2) is 6.55. The van der Waals surface area contributed by atoms with E-state index in [1.165, 1.54) is 14.0 Å². The molecule has 122 valence electrons. The summed E-state index contributed by atoms with van der Waals surface area (Å²) in [5.41, 5.74) is -1.47. The zero-order valence-electron chi connectivity index (χ0n) is 11.2. The molecule has 0 aromatic rings. The Labute approximate surface area is 137 Å². The average Bonchev–Trinajstić information content (AvgIpc) is 2.38. The van der Waals surface area contributed by atoms with Crippen LogP contribution < -0.4 is 0 Å². The molecule has 1 aliphatic rings. The molecule has 1 fully saturated rings. The van der Waals surface area contributed by atoms with E-state index in [4.69, 9.17) is 39.5 Å². The molecule has 21 heavy (non-hydrogen) atoms. The number of halogens is 3.